The van der Waals surface area contributed by atoms with E-state index in [0.717, 1.165) is 11.1 Å². The van der Waals surface area contributed by atoms with Crippen molar-refractivity contribution >= 4 is 28.3 Å². The number of thiazole rings is 1. The molecule has 1 N–H and O–H groups in total. The van der Waals surface area contributed by atoms with Crippen LogP contribution in [-0.2, 0) is 9.59 Å². The van der Waals surface area contributed by atoms with E-state index in [-0.39, 0.29) is 24.3 Å². The molecule has 22 heavy (non-hydrogen) atoms. The van der Waals surface area contributed by atoms with E-state index in [1.54, 1.807) is 13.2 Å². The van der Waals surface area contributed by atoms with Gasteiger partial charge in [-0.05, 0) is 12.5 Å². The van der Waals surface area contributed by atoms with Crippen molar-refractivity contribution in [2.24, 2.45) is 0 Å². The third-order valence-electron chi connectivity index (χ3n) is 3.32. The normalized spacial score (nSPS) is 11.8. The molecule has 1 atom stereocenters. The maximum atomic E-state index is 12.4. The molecule has 0 aliphatic heterocycles. The van der Waals surface area contributed by atoms with Gasteiger partial charge in [-0.1, -0.05) is 29.8 Å². The second-order valence-corrected chi connectivity index (χ2v) is 6.01. The van der Waals surface area contributed by atoms with Gasteiger partial charge in [-0.3, -0.25) is 14.5 Å². The van der Waals surface area contributed by atoms with Gasteiger partial charge in [0.15, 0.2) is 5.13 Å². The van der Waals surface area contributed by atoms with Gasteiger partial charge in [-0.2, -0.15) is 0 Å². The Bertz CT molecular complexity index is 638. The Balaban J connectivity index is 2.14. The lowest BCUT2D eigenvalue weighted by molar-refractivity contribution is -0.121. The predicted molar refractivity (Wildman–Crippen MR) is 87.9 cm³/mol. The zero-order valence-electron chi connectivity index (χ0n) is 12.9. The topological polar surface area (TPSA) is 62.3 Å². The summed E-state index contributed by atoms with van der Waals surface area (Å²) in [6, 6.07) is 7.48. The summed E-state index contributed by atoms with van der Waals surface area (Å²) < 4.78 is 0. The Morgan fingerprint density at radius 3 is 2.55 bits per heavy atom. The molecule has 0 spiro atoms. The standard InChI is InChI=1S/C16H19N3O2S/c1-11-4-6-13(7-5-11)14(18-12(2)20)10-15(21)19(3)16-17-8-9-22-16/h4-9,14H,10H2,1-3H3,(H,18,20). The number of aryl methyl sites for hydroxylation is 1. The van der Waals surface area contributed by atoms with Gasteiger partial charge in [0, 0.05) is 25.5 Å². The molecule has 2 aromatic rings. The van der Waals surface area contributed by atoms with Crippen LogP contribution in [0.3, 0.4) is 0 Å². The lowest BCUT2D eigenvalue weighted by Gasteiger charge is -2.21. The first-order chi connectivity index (χ1) is 10.5. The molecule has 0 radical (unpaired) electrons. The minimum Gasteiger partial charge on any atom is -0.349 e. The molecule has 0 saturated carbocycles. The largest absolute Gasteiger partial charge is 0.349 e. The molecule has 0 aliphatic rings. The molecule has 6 heteroatoms. The molecular weight excluding hydrogens is 298 g/mol. The van der Waals surface area contributed by atoms with E-state index >= 15 is 0 Å². The SMILES string of the molecule is CC(=O)NC(CC(=O)N(C)c1nccs1)c1ccc(C)cc1. The quantitative estimate of drug-likeness (QED) is 0.922. The van der Waals surface area contributed by atoms with E-state index in [1.807, 2.05) is 36.6 Å². The number of hydrogen-bond donors (Lipinski definition) is 1. The molecule has 1 aromatic heterocycles. The number of carbonyl (C=O) groups is 2. The maximum Gasteiger partial charge on any atom is 0.230 e. The van der Waals surface area contributed by atoms with Crippen LogP contribution in [-0.4, -0.2) is 23.8 Å². The molecule has 2 rings (SSSR count). The summed E-state index contributed by atoms with van der Waals surface area (Å²) in [5.41, 5.74) is 2.05. The fourth-order valence-electron chi connectivity index (χ4n) is 2.10. The van der Waals surface area contributed by atoms with Crippen LogP contribution in [0.1, 0.15) is 30.5 Å². The van der Waals surface area contributed by atoms with Crippen molar-refractivity contribution in [3.63, 3.8) is 0 Å². The minimum atomic E-state index is -0.340. The first-order valence-electron chi connectivity index (χ1n) is 6.97. The highest BCUT2D eigenvalue weighted by Crippen LogP contribution is 2.22. The number of hydrogen-bond acceptors (Lipinski definition) is 4. The van der Waals surface area contributed by atoms with Crippen LogP contribution in [0.5, 0.6) is 0 Å². The molecule has 1 heterocycles. The Morgan fingerprint density at radius 1 is 1.32 bits per heavy atom. The van der Waals surface area contributed by atoms with Gasteiger partial charge in [-0.15, -0.1) is 11.3 Å². The Morgan fingerprint density at radius 2 is 2.00 bits per heavy atom. The monoisotopic (exact) mass is 317 g/mol. The molecular formula is C16H19N3O2S. The number of amides is 2. The molecule has 5 nitrogen and oxygen atoms in total. The van der Waals surface area contributed by atoms with Gasteiger partial charge in [0.05, 0.1) is 12.5 Å². The summed E-state index contributed by atoms with van der Waals surface area (Å²) in [6.45, 7) is 3.45. The first-order valence-corrected chi connectivity index (χ1v) is 7.85. The average molecular weight is 317 g/mol. The third-order valence-corrected chi connectivity index (χ3v) is 4.16. The van der Waals surface area contributed by atoms with Gasteiger partial charge in [-0.25, -0.2) is 4.98 Å². The van der Waals surface area contributed by atoms with E-state index in [0.29, 0.717) is 5.13 Å². The number of nitrogens with zero attached hydrogens (tertiary/aromatic N) is 2. The molecule has 1 unspecified atom stereocenters. The zero-order valence-corrected chi connectivity index (χ0v) is 13.7. The summed E-state index contributed by atoms with van der Waals surface area (Å²) in [4.78, 5) is 29.5. The first kappa shape index (κ1) is 16.2. The van der Waals surface area contributed by atoms with Crippen molar-refractivity contribution in [1.29, 1.82) is 0 Å². The van der Waals surface area contributed by atoms with Crippen LogP contribution in [0.25, 0.3) is 0 Å². The highest BCUT2D eigenvalue weighted by molar-refractivity contribution is 7.13. The van der Waals surface area contributed by atoms with Crippen LogP contribution < -0.4 is 10.2 Å². The molecule has 0 fully saturated rings. The maximum absolute atomic E-state index is 12.4. The highest BCUT2D eigenvalue weighted by Gasteiger charge is 2.21. The Labute approximate surface area is 134 Å². The predicted octanol–water partition coefficient (Wildman–Crippen LogP) is 2.68. The summed E-state index contributed by atoms with van der Waals surface area (Å²) in [7, 11) is 1.70. The van der Waals surface area contributed by atoms with Crippen LogP contribution in [0.2, 0.25) is 0 Å². The van der Waals surface area contributed by atoms with Crippen molar-refractivity contribution in [2.75, 3.05) is 11.9 Å². The van der Waals surface area contributed by atoms with E-state index in [4.69, 9.17) is 0 Å². The van der Waals surface area contributed by atoms with Crippen molar-refractivity contribution < 1.29 is 9.59 Å². The fraction of sp³-hybridized carbons (Fsp3) is 0.312. The van der Waals surface area contributed by atoms with Crippen LogP contribution in [0.4, 0.5) is 5.13 Å². The van der Waals surface area contributed by atoms with E-state index in [2.05, 4.69) is 10.3 Å². The summed E-state index contributed by atoms with van der Waals surface area (Å²) >= 11 is 1.40. The lowest BCUT2D eigenvalue weighted by Crippen LogP contribution is -2.33. The molecule has 0 saturated heterocycles. The third kappa shape index (κ3) is 4.14. The number of benzene rings is 1. The van der Waals surface area contributed by atoms with E-state index in [9.17, 15) is 9.59 Å². The average Bonchev–Trinajstić information content (AvgIpc) is 3.00. The van der Waals surface area contributed by atoms with Crippen molar-refractivity contribution in [3.8, 4) is 0 Å². The van der Waals surface area contributed by atoms with E-state index < -0.39 is 0 Å². The second kappa shape index (κ2) is 7.17. The van der Waals surface area contributed by atoms with Crippen LogP contribution in [0.15, 0.2) is 35.8 Å². The van der Waals surface area contributed by atoms with Gasteiger partial charge >= 0.3 is 0 Å². The zero-order chi connectivity index (χ0) is 16.1. The van der Waals surface area contributed by atoms with Gasteiger partial charge < -0.3 is 5.32 Å². The summed E-state index contributed by atoms with van der Waals surface area (Å²) in [6.07, 6.45) is 1.85. The van der Waals surface area contributed by atoms with Gasteiger partial charge in [0.25, 0.3) is 0 Å². The van der Waals surface area contributed by atoms with Crippen LogP contribution >= 0.6 is 11.3 Å². The number of anilines is 1. The molecule has 0 aliphatic carbocycles. The molecule has 2 amide bonds. The van der Waals surface area contributed by atoms with Gasteiger partial charge in [0.2, 0.25) is 11.8 Å². The smallest absolute Gasteiger partial charge is 0.230 e. The summed E-state index contributed by atoms with van der Waals surface area (Å²) in [5, 5.41) is 5.32. The van der Waals surface area contributed by atoms with Crippen molar-refractivity contribution in [2.45, 2.75) is 26.3 Å². The van der Waals surface area contributed by atoms with Crippen molar-refractivity contribution in [1.82, 2.24) is 10.3 Å². The van der Waals surface area contributed by atoms with Crippen molar-refractivity contribution in [3.05, 3.63) is 47.0 Å². The highest BCUT2D eigenvalue weighted by atomic mass is 32.1. The van der Waals surface area contributed by atoms with E-state index in [1.165, 1.54) is 23.2 Å². The minimum absolute atomic E-state index is 0.0886. The number of rotatable bonds is 5. The number of nitrogens with one attached hydrogen (secondary N) is 1. The lowest BCUT2D eigenvalue weighted by atomic mass is 10.0. The molecule has 1 aromatic carbocycles. The fourth-order valence-corrected chi connectivity index (χ4v) is 2.72. The second-order valence-electron chi connectivity index (χ2n) is 5.14. The Hall–Kier alpha value is -2.21. The van der Waals surface area contributed by atoms with Gasteiger partial charge in [0.1, 0.15) is 0 Å². The number of aromatic nitrogens is 1. The number of carbonyl (C=O) groups excluding carboxylic acids is 2. The molecule has 116 valence electrons. The van der Waals surface area contributed by atoms with Crippen LogP contribution in [0, 0.1) is 6.92 Å². The summed E-state index contributed by atoms with van der Waals surface area (Å²) in [5.74, 6) is -0.246. The molecule has 0 bridgehead atoms. The Kier molecular flexibility index (Phi) is 5.27.